The van der Waals surface area contributed by atoms with E-state index in [1.807, 2.05) is 5.32 Å². The highest BCUT2D eigenvalue weighted by atomic mass is 16.7. The van der Waals surface area contributed by atoms with Crippen molar-refractivity contribution in [2.75, 3.05) is 32.9 Å². The molecule has 4 aliphatic heterocycles. The van der Waals surface area contributed by atoms with Crippen LogP contribution in [-0.4, -0.2) is 257 Å². The first-order chi connectivity index (χ1) is 37.5. The summed E-state index contributed by atoms with van der Waals surface area (Å²) in [7, 11) is 0. The van der Waals surface area contributed by atoms with Gasteiger partial charge in [-0.25, -0.2) is 0 Å². The molecule has 4 heterocycles. The van der Waals surface area contributed by atoms with Gasteiger partial charge in [0.1, 0.15) is 91.0 Å². The number of rotatable bonds is 24. The number of nitro groups is 1. The molecule has 2 aromatic rings. The molecular formula is C46H65N12O21. The van der Waals surface area contributed by atoms with Gasteiger partial charge in [0.25, 0.3) is 5.69 Å². The Kier molecular flexibility index (Phi) is 20.9. The number of nitrogens with two attached hydrogens (primary N) is 1. The zero-order valence-corrected chi connectivity index (χ0v) is 41.9. The standard InChI is InChI=1S/C46H65N12O21/c1-17(18-5-3-2-4-6-18)28(47)40(72)53-22(9-19-7-8-21(10-24(19)58(75)76)77-44-38(70)36(68)34(66)27(16-62)79-44)39(71)55-29(31(63)23-11-50-45(48)54-23)42(74)56-30(41(73)52-20(13-59)14-60)32(64)25-12-51-46(49)57(25)43-37(69)35(67)33(65)26(15-61)78-43/h2-8,10,17,20,22-23,25-38,43-44,59,61-70H,9,11-13,15-16,47H2,1H3,(H2,49,51)(H,52,73)(H,53,72)(H,55,71)(H,56,74)(H3,48,50,54). The van der Waals surface area contributed by atoms with E-state index < -0.39 is 195 Å². The van der Waals surface area contributed by atoms with E-state index in [4.69, 9.17) is 30.8 Å². The normalized spacial score (nSPS) is 29.9. The first kappa shape index (κ1) is 61.4. The molecule has 435 valence electrons. The third-order valence-corrected chi connectivity index (χ3v) is 13.9. The van der Waals surface area contributed by atoms with Crippen LogP contribution < -0.4 is 47.7 Å². The third-order valence-electron chi connectivity index (χ3n) is 13.9. The number of benzene rings is 2. The lowest BCUT2D eigenvalue weighted by atomic mass is 9.93. The Hall–Kier alpha value is -6.83. The van der Waals surface area contributed by atoms with Gasteiger partial charge in [0, 0.05) is 31.0 Å². The molecule has 4 amide bonds. The molecule has 0 spiro atoms. The van der Waals surface area contributed by atoms with Crippen molar-refractivity contribution in [3.63, 3.8) is 0 Å². The summed E-state index contributed by atoms with van der Waals surface area (Å²) in [5.74, 6) is -7.39. The highest BCUT2D eigenvalue weighted by molar-refractivity contribution is 5.96. The van der Waals surface area contributed by atoms with Crippen LogP contribution >= 0.6 is 0 Å². The highest BCUT2D eigenvalue weighted by Gasteiger charge is 2.53. The molecule has 0 bridgehead atoms. The topological polar surface area (TPSA) is 540 Å². The van der Waals surface area contributed by atoms with Crippen molar-refractivity contribution in [2.45, 2.75) is 135 Å². The van der Waals surface area contributed by atoms with E-state index in [-0.39, 0.29) is 23.8 Å². The molecule has 1 radical (unpaired) electrons. The molecule has 0 aliphatic carbocycles. The summed E-state index contributed by atoms with van der Waals surface area (Å²) in [5.41, 5.74) is 5.91. The Labute approximate surface area is 448 Å². The molecule has 6 rings (SSSR count). The van der Waals surface area contributed by atoms with E-state index in [9.17, 15) is 90.3 Å². The third kappa shape index (κ3) is 14.0. The van der Waals surface area contributed by atoms with E-state index in [0.29, 0.717) is 5.56 Å². The van der Waals surface area contributed by atoms with E-state index in [0.717, 1.165) is 23.1 Å². The molecule has 4 aliphatic rings. The molecule has 79 heavy (non-hydrogen) atoms. The Bertz CT molecular complexity index is 2500. The average molecular weight is 1120 g/mol. The van der Waals surface area contributed by atoms with Gasteiger partial charge in [-0.2, -0.15) is 0 Å². The minimum Gasteiger partial charge on any atom is -0.462 e. The number of guanidine groups is 2. The maximum Gasteiger partial charge on any atom is 0.276 e. The predicted molar refractivity (Wildman–Crippen MR) is 264 cm³/mol. The summed E-state index contributed by atoms with van der Waals surface area (Å²) in [4.78, 5) is 82.0. The lowest BCUT2D eigenvalue weighted by Crippen LogP contribution is -2.69. The Morgan fingerprint density at radius 2 is 1.42 bits per heavy atom. The van der Waals surface area contributed by atoms with Crippen LogP contribution in [0.1, 0.15) is 24.0 Å². The fourth-order valence-corrected chi connectivity index (χ4v) is 9.26. The van der Waals surface area contributed by atoms with E-state index in [2.05, 4.69) is 31.9 Å². The van der Waals surface area contributed by atoms with E-state index in [1.54, 1.807) is 37.3 Å². The molecule has 2 aromatic carbocycles. The van der Waals surface area contributed by atoms with Crippen LogP contribution in [-0.2, 0) is 39.9 Å². The van der Waals surface area contributed by atoms with Gasteiger partial charge >= 0.3 is 0 Å². The van der Waals surface area contributed by atoms with Crippen molar-refractivity contribution in [1.29, 1.82) is 10.8 Å². The van der Waals surface area contributed by atoms with Gasteiger partial charge in [0.2, 0.25) is 36.2 Å². The summed E-state index contributed by atoms with van der Waals surface area (Å²) in [6.07, 6.45) is -22.0. The number of aliphatic hydroxyl groups excluding tert-OH is 11. The SMILES string of the molecule is CC(c1ccccc1)C(N)C(=O)NC(Cc1ccc(OC2OC(CO)C(O)C(O)C2O)cc1[N+](=O)[O-])C(=O)NC(C(=O)NC(C(=O)NC([C]=O)CO)C(O)C1CNC(=N)N1C1OC(CO)C(O)C(O)C1O)C(O)C1CNC(=N)N1. The van der Waals surface area contributed by atoms with Gasteiger partial charge < -0.3 is 118 Å². The van der Waals surface area contributed by atoms with Crippen LogP contribution in [0.3, 0.4) is 0 Å². The molecule has 20 unspecified atom stereocenters. The minimum atomic E-state index is -2.33. The van der Waals surface area contributed by atoms with Crippen molar-refractivity contribution in [1.82, 2.24) is 42.1 Å². The van der Waals surface area contributed by atoms with Crippen molar-refractivity contribution in [3.05, 3.63) is 69.8 Å². The second kappa shape index (κ2) is 26.9. The van der Waals surface area contributed by atoms with Gasteiger partial charge in [0.05, 0.1) is 48.9 Å². The fraction of sp³-hybridized carbons (Fsp3) is 0.587. The summed E-state index contributed by atoms with van der Waals surface area (Å²) >= 11 is 0. The number of carbonyl (C=O) groups is 4. The highest BCUT2D eigenvalue weighted by Crippen LogP contribution is 2.31. The number of ether oxygens (including phenoxy) is 3. The Morgan fingerprint density at radius 1 is 0.810 bits per heavy atom. The first-order valence-corrected chi connectivity index (χ1v) is 24.6. The van der Waals surface area contributed by atoms with Gasteiger partial charge in [-0.05, 0) is 17.7 Å². The Morgan fingerprint density at radius 3 is 2.01 bits per heavy atom. The largest absolute Gasteiger partial charge is 0.462 e. The number of hydrogen-bond donors (Lipinski definition) is 21. The van der Waals surface area contributed by atoms with Crippen molar-refractivity contribution in [2.24, 2.45) is 5.73 Å². The Balaban J connectivity index is 1.36. The molecule has 4 saturated heterocycles. The maximum absolute atomic E-state index is 14.8. The lowest BCUT2D eigenvalue weighted by molar-refractivity contribution is -0.385. The lowest BCUT2D eigenvalue weighted by Gasteiger charge is -2.46. The first-order valence-electron chi connectivity index (χ1n) is 24.6. The monoisotopic (exact) mass is 1120 g/mol. The van der Waals surface area contributed by atoms with Gasteiger partial charge in [-0.3, -0.25) is 44.9 Å². The molecule has 33 heteroatoms. The molecule has 20 atom stereocenters. The van der Waals surface area contributed by atoms with Crippen molar-refractivity contribution in [3.8, 4) is 5.75 Å². The maximum atomic E-state index is 14.8. The number of amides is 4. The van der Waals surface area contributed by atoms with Crippen LogP contribution in [0.25, 0.3) is 0 Å². The van der Waals surface area contributed by atoms with Crippen LogP contribution in [0, 0.1) is 20.9 Å². The van der Waals surface area contributed by atoms with Crippen molar-refractivity contribution >= 4 is 47.5 Å². The van der Waals surface area contributed by atoms with E-state index in [1.165, 1.54) is 6.29 Å². The predicted octanol–water partition coefficient (Wildman–Crippen LogP) is -10.3. The molecule has 4 fully saturated rings. The van der Waals surface area contributed by atoms with E-state index >= 15 is 0 Å². The number of nitrogens with one attached hydrogen (secondary N) is 9. The van der Waals surface area contributed by atoms with Crippen LogP contribution in [0.5, 0.6) is 5.75 Å². The number of nitrogens with zero attached hydrogens (tertiary/aromatic N) is 2. The molecule has 22 N–H and O–H groups in total. The quantitative estimate of drug-likeness (QED) is 0.0343. The number of hydrogen-bond acceptors (Lipinski definition) is 24. The number of aliphatic hydroxyl groups is 11. The molecule has 33 nitrogen and oxygen atoms in total. The smallest absolute Gasteiger partial charge is 0.276 e. The zero-order chi connectivity index (χ0) is 58.2. The van der Waals surface area contributed by atoms with Gasteiger partial charge in [0.15, 0.2) is 18.1 Å². The summed E-state index contributed by atoms with van der Waals surface area (Å²) in [5, 5.41) is 162. The summed E-state index contributed by atoms with van der Waals surface area (Å²) in [6.45, 7) is -1.97. The number of carbonyl (C=O) groups excluding carboxylic acids is 5. The van der Waals surface area contributed by atoms with Crippen LogP contribution in [0.15, 0.2) is 48.5 Å². The minimum absolute atomic E-state index is 0.278. The van der Waals surface area contributed by atoms with Crippen LogP contribution in [0.2, 0.25) is 0 Å². The molecule has 0 aromatic heterocycles. The molecule has 0 saturated carbocycles. The van der Waals surface area contributed by atoms with Gasteiger partial charge in [-0.15, -0.1) is 0 Å². The summed E-state index contributed by atoms with van der Waals surface area (Å²) in [6, 6.07) is -1.36. The molecular weight excluding hydrogens is 1060 g/mol. The van der Waals surface area contributed by atoms with Crippen molar-refractivity contribution < 1.29 is 99.3 Å². The number of nitro benzene ring substituents is 1. The summed E-state index contributed by atoms with van der Waals surface area (Å²) < 4.78 is 16.5. The second-order valence-electron chi connectivity index (χ2n) is 19.1. The fourth-order valence-electron chi connectivity index (χ4n) is 9.26. The van der Waals surface area contributed by atoms with Gasteiger partial charge in [-0.1, -0.05) is 37.3 Å². The zero-order valence-electron chi connectivity index (χ0n) is 41.9. The second-order valence-corrected chi connectivity index (χ2v) is 19.1. The average Bonchev–Trinajstić information content (AvgIpc) is 4.15. The van der Waals surface area contributed by atoms with Crippen LogP contribution in [0.4, 0.5) is 5.69 Å².